The van der Waals surface area contributed by atoms with Gasteiger partial charge in [0.1, 0.15) is 48.8 Å². The Bertz CT molecular complexity index is 1120. The zero-order chi connectivity index (χ0) is 46.1. The number of nitrogens with one attached hydrogen (secondary N) is 1. The molecule has 1 amide bonds. The zero-order valence-electron chi connectivity index (χ0n) is 39.3. The first kappa shape index (κ1) is 57.9. The van der Waals surface area contributed by atoms with Crippen LogP contribution in [0.2, 0.25) is 0 Å². The molecule has 0 saturated carbocycles. The SMILES string of the molecule is CCCC/C=C/C(O)C(COC1OC(CO)C(OC2OC(CO)C(O)C(O)C2O)C(O)C1O)NC(=O)CCCCCCCCCCCCCCCCCCCCCCCCCCC. The highest BCUT2D eigenvalue weighted by Crippen LogP contribution is 2.30. The van der Waals surface area contributed by atoms with Gasteiger partial charge >= 0.3 is 0 Å². The Labute approximate surface area is 380 Å². The van der Waals surface area contributed by atoms with Gasteiger partial charge in [0, 0.05) is 6.42 Å². The van der Waals surface area contributed by atoms with Crippen molar-refractivity contribution in [3.8, 4) is 0 Å². The predicted molar refractivity (Wildman–Crippen MR) is 245 cm³/mol. The molecule has 2 rings (SSSR count). The van der Waals surface area contributed by atoms with Crippen molar-refractivity contribution in [3.63, 3.8) is 0 Å². The van der Waals surface area contributed by atoms with E-state index in [1.54, 1.807) is 6.08 Å². The molecule has 0 aliphatic carbocycles. The summed E-state index contributed by atoms with van der Waals surface area (Å²) in [6.45, 7) is 2.63. The number of amides is 1. The zero-order valence-corrected chi connectivity index (χ0v) is 39.3. The van der Waals surface area contributed by atoms with E-state index in [0.717, 1.165) is 38.5 Å². The van der Waals surface area contributed by atoms with Crippen LogP contribution in [0.15, 0.2) is 12.2 Å². The highest BCUT2D eigenvalue weighted by atomic mass is 16.7. The molecule has 0 aromatic carbocycles. The van der Waals surface area contributed by atoms with Crippen molar-refractivity contribution in [2.45, 2.75) is 274 Å². The van der Waals surface area contributed by atoms with E-state index in [2.05, 4.69) is 19.2 Å². The predicted octanol–water partition coefficient (Wildman–Crippen LogP) is 6.38. The summed E-state index contributed by atoms with van der Waals surface area (Å²) in [4.78, 5) is 13.0. The summed E-state index contributed by atoms with van der Waals surface area (Å²) in [6, 6.07) is -0.904. The van der Waals surface area contributed by atoms with E-state index in [0.29, 0.717) is 6.42 Å². The molecule has 0 aromatic heterocycles. The van der Waals surface area contributed by atoms with Gasteiger partial charge in [-0.2, -0.15) is 0 Å². The monoisotopic (exact) mass is 904 g/mol. The van der Waals surface area contributed by atoms with Crippen LogP contribution >= 0.6 is 0 Å². The Kier molecular flexibility index (Phi) is 33.8. The smallest absolute Gasteiger partial charge is 0.220 e. The minimum Gasteiger partial charge on any atom is -0.394 e. The van der Waals surface area contributed by atoms with Crippen LogP contribution in [0.3, 0.4) is 0 Å². The van der Waals surface area contributed by atoms with E-state index in [-0.39, 0.29) is 18.9 Å². The topological polar surface area (TPSA) is 228 Å². The normalized spacial score (nSPS) is 27.5. The first-order chi connectivity index (χ1) is 30.6. The summed E-state index contributed by atoms with van der Waals surface area (Å²) in [5, 5.41) is 86.0. The van der Waals surface area contributed by atoms with Gasteiger partial charge < -0.3 is 65.1 Å². The van der Waals surface area contributed by atoms with Crippen molar-refractivity contribution >= 4 is 5.91 Å². The third-order valence-corrected chi connectivity index (χ3v) is 12.7. The van der Waals surface area contributed by atoms with Gasteiger partial charge in [-0.05, 0) is 12.8 Å². The summed E-state index contributed by atoms with van der Waals surface area (Å²) in [5.74, 6) is -0.245. The number of aliphatic hydroxyl groups is 8. The first-order valence-electron chi connectivity index (χ1n) is 25.4. The van der Waals surface area contributed by atoms with Crippen molar-refractivity contribution in [3.05, 3.63) is 12.2 Å². The summed E-state index contributed by atoms with van der Waals surface area (Å²) in [5.41, 5.74) is 0. The first-order valence-corrected chi connectivity index (χ1v) is 25.4. The van der Waals surface area contributed by atoms with Crippen LogP contribution in [0, 0.1) is 0 Å². The third-order valence-electron chi connectivity index (χ3n) is 12.7. The molecule has 2 heterocycles. The minimum atomic E-state index is -1.78. The number of aliphatic hydroxyl groups excluding tert-OH is 8. The second-order valence-electron chi connectivity index (χ2n) is 18.3. The molecule has 63 heavy (non-hydrogen) atoms. The average molecular weight is 904 g/mol. The number of carbonyl (C=O) groups excluding carboxylic acids is 1. The molecule has 14 nitrogen and oxygen atoms in total. The van der Waals surface area contributed by atoms with Crippen molar-refractivity contribution < 1.29 is 64.6 Å². The van der Waals surface area contributed by atoms with Crippen LogP contribution in [-0.4, -0.2) is 140 Å². The molecule has 12 unspecified atom stereocenters. The Morgan fingerprint density at radius 2 is 0.984 bits per heavy atom. The fourth-order valence-electron chi connectivity index (χ4n) is 8.51. The van der Waals surface area contributed by atoms with Gasteiger partial charge in [-0.1, -0.05) is 193 Å². The number of ether oxygens (including phenoxy) is 4. The number of allylic oxidation sites excluding steroid dienone is 1. The van der Waals surface area contributed by atoms with Gasteiger partial charge in [0.15, 0.2) is 12.6 Å². The Morgan fingerprint density at radius 3 is 1.44 bits per heavy atom. The molecular formula is C49H93NO13. The van der Waals surface area contributed by atoms with E-state index in [1.807, 2.05) is 6.08 Å². The molecule has 0 aromatic rings. The molecular weight excluding hydrogens is 811 g/mol. The highest BCUT2D eigenvalue weighted by molar-refractivity contribution is 5.76. The lowest BCUT2D eigenvalue weighted by molar-refractivity contribution is -0.359. The number of carbonyl (C=O) groups is 1. The van der Waals surface area contributed by atoms with E-state index in [1.165, 1.54) is 135 Å². The van der Waals surface area contributed by atoms with Gasteiger partial charge in [0.25, 0.3) is 0 Å². The summed E-state index contributed by atoms with van der Waals surface area (Å²) in [6.07, 6.45) is 22.2. The largest absolute Gasteiger partial charge is 0.394 e. The van der Waals surface area contributed by atoms with E-state index < -0.39 is 86.8 Å². The second-order valence-corrected chi connectivity index (χ2v) is 18.3. The minimum absolute atomic E-state index is 0.245. The molecule has 0 radical (unpaired) electrons. The summed E-state index contributed by atoms with van der Waals surface area (Å²) >= 11 is 0. The molecule has 0 spiro atoms. The van der Waals surface area contributed by atoms with Crippen molar-refractivity contribution in [2.24, 2.45) is 0 Å². The number of hydrogen-bond acceptors (Lipinski definition) is 13. The van der Waals surface area contributed by atoms with Crippen molar-refractivity contribution in [1.82, 2.24) is 5.32 Å². The molecule has 372 valence electrons. The Balaban J connectivity index is 1.62. The van der Waals surface area contributed by atoms with Crippen LogP contribution in [0.4, 0.5) is 0 Å². The molecule has 2 aliphatic rings. The van der Waals surface area contributed by atoms with Crippen molar-refractivity contribution in [2.75, 3.05) is 19.8 Å². The van der Waals surface area contributed by atoms with Gasteiger partial charge in [0.2, 0.25) is 5.91 Å². The van der Waals surface area contributed by atoms with Gasteiger partial charge in [0.05, 0.1) is 32.0 Å². The van der Waals surface area contributed by atoms with Crippen LogP contribution < -0.4 is 5.32 Å². The molecule has 2 fully saturated rings. The molecule has 0 bridgehead atoms. The average Bonchev–Trinajstić information content (AvgIpc) is 3.28. The van der Waals surface area contributed by atoms with E-state index in [9.17, 15) is 45.6 Å². The fourth-order valence-corrected chi connectivity index (χ4v) is 8.51. The molecule has 12 atom stereocenters. The van der Waals surface area contributed by atoms with Crippen LogP contribution in [0.25, 0.3) is 0 Å². The second kappa shape index (κ2) is 36.8. The lowest BCUT2D eigenvalue weighted by Crippen LogP contribution is -2.65. The number of rotatable bonds is 39. The number of hydrogen-bond donors (Lipinski definition) is 9. The standard InChI is InChI=1S/C49H93NO13/c1-3-5-7-9-10-11-12-13-14-15-16-17-18-19-20-21-22-23-24-25-26-27-28-29-31-33-41(54)50-37(38(53)32-30-8-6-4-2)36-60-48-46(59)44(57)47(40(35-52)62-48)63-49-45(58)43(56)42(55)39(34-51)61-49/h30,32,37-40,42-49,51-53,55-59H,3-29,31,33-36H2,1-2H3,(H,50,54)/b32-30+. The van der Waals surface area contributed by atoms with E-state index in [4.69, 9.17) is 18.9 Å². The molecule has 9 N–H and O–H groups in total. The Morgan fingerprint density at radius 1 is 0.556 bits per heavy atom. The lowest BCUT2D eigenvalue weighted by Gasteiger charge is -2.46. The van der Waals surface area contributed by atoms with Gasteiger partial charge in [-0.3, -0.25) is 4.79 Å². The fraction of sp³-hybridized carbons (Fsp3) is 0.939. The molecule has 14 heteroatoms. The maximum Gasteiger partial charge on any atom is 0.220 e. The summed E-state index contributed by atoms with van der Waals surface area (Å²) < 4.78 is 22.5. The van der Waals surface area contributed by atoms with Crippen LogP contribution in [0.5, 0.6) is 0 Å². The van der Waals surface area contributed by atoms with Crippen LogP contribution in [-0.2, 0) is 23.7 Å². The van der Waals surface area contributed by atoms with E-state index >= 15 is 0 Å². The van der Waals surface area contributed by atoms with Crippen LogP contribution in [0.1, 0.15) is 200 Å². The summed E-state index contributed by atoms with van der Waals surface area (Å²) in [7, 11) is 0. The maximum atomic E-state index is 13.0. The maximum absolute atomic E-state index is 13.0. The van der Waals surface area contributed by atoms with Crippen molar-refractivity contribution in [1.29, 1.82) is 0 Å². The molecule has 2 aliphatic heterocycles. The highest BCUT2D eigenvalue weighted by Gasteiger charge is 2.51. The van der Waals surface area contributed by atoms with Gasteiger partial charge in [-0.15, -0.1) is 0 Å². The molecule has 2 saturated heterocycles. The van der Waals surface area contributed by atoms with Gasteiger partial charge in [-0.25, -0.2) is 0 Å². The Hall–Kier alpha value is -1.27. The number of unbranched alkanes of at least 4 members (excludes halogenated alkanes) is 26. The third kappa shape index (κ3) is 24.4. The lowest BCUT2D eigenvalue weighted by atomic mass is 9.97. The quantitative estimate of drug-likeness (QED) is 0.0241.